The molecule has 0 saturated carbocycles. The van der Waals surface area contributed by atoms with Gasteiger partial charge < -0.3 is 5.73 Å². The van der Waals surface area contributed by atoms with Crippen molar-refractivity contribution < 1.29 is 13.2 Å². The fourth-order valence-corrected chi connectivity index (χ4v) is 1.63. The van der Waals surface area contributed by atoms with Crippen LogP contribution >= 0.6 is 11.6 Å². The predicted molar refractivity (Wildman–Crippen MR) is 53.8 cm³/mol. The van der Waals surface area contributed by atoms with E-state index in [1.165, 1.54) is 12.1 Å². The van der Waals surface area contributed by atoms with E-state index in [4.69, 9.17) is 17.3 Å². The summed E-state index contributed by atoms with van der Waals surface area (Å²) in [7, 11) is 0. The Bertz CT molecular complexity index is 336. The van der Waals surface area contributed by atoms with Crippen LogP contribution in [-0.2, 0) is 12.6 Å². The van der Waals surface area contributed by atoms with Crippen molar-refractivity contribution in [3.63, 3.8) is 0 Å². The van der Waals surface area contributed by atoms with E-state index in [0.717, 1.165) is 6.07 Å². The Morgan fingerprint density at radius 1 is 1.27 bits per heavy atom. The lowest BCUT2D eigenvalue weighted by Crippen LogP contribution is -2.11. The third-order valence-electron chi connectivity index (χ3n) is 2.06. The molecule has 0 aliphatic rings. The van der Waals surface area contributed by atoms with Gasteiger partial charge >= 0.3 is 6.18 Å². The van der Waals surface area contributed by atoms with Crippen LogP contribution in [0.2, 0.25) is 5.02 Å². The van der Waals surface area contributed by atoms with Gasteiger partial charge in [-0.2, -0.15) is 13.2 Å². The minimum atomic E-state index is -4.35. The highest BCUT2D eigenvalue weighted by atomic mass is 35.5. The molecule has 15 heavy (non-hydrogen) atoms. The standard InChI is InChI=1S/C10H11ClF3N/c11-9-5-1-4-8(10(12,13)14)7(9)3-2-6-15/h1,4-5H,2-3,6,15H2. The molecule has 1 aromatic rings. The molecule has 0 radical (unpaired) electrons. The Hall–Kier alpha value is -0.740. The summed E-state index contributed by atoms with van der Waals surface area (Å²) in [6.45, 7) is 0.350. The van der Waals surface area contributed by atoms with Crippen LogP contribution in [0.3, 0.4) is 0 Å². The Kier molecular flexibility index (Phi) is 3.99. The molecule has 1 rings (SSSR count). The number of hydrogen-bond donors (Lipinski definition) is 1. The maximum absolute atomic E-state index is 12.6. The van der Waals surface area contributed by atoms with Crippen LogP contribution in [-0.4, -0.2) is 6.54 Å². The van der Waals surface area contributed by atoms with Crippen molar-refractivity contribution in [2.24, 2.45) is 5.73 Å². The summed E-state index contributed by atoms with van der Waals surface area (Å²) < 4.78 is 37.7. The van der Waals surface area contributed by atoms with E-state index < -0.39 is 11.7 Å². The molecule has 5 heteroatoms. The van der Waals surface area contributed by atoms with E-state index in [0.29, 0.717) is 13.0 Å². The molecule has 0 aliphatic heterocycles. The SMILES string of the molecule is NCCCc1c(Cl)cccc1C(F)(F)F. The average molecular weight is 238 g/mol. The van der Waals surface area contributed by atoms with Crippen LogP contribution in [0.4, 0.5) is 13.2 Å². The zero-order chi connectivity index (χ0) is 11.5. The Morgan fingerprint density at radius 3 is 2.47 bits per heavy atom. The fraction of sp³-hybridized carbons (Fsp3) is 0.400. The van der Waals surface area contributed by atoms with Gasteiger partial charge in [0.2, 0.25) is 0 Å². The summed E-state index contributed by atoms with van der Waals surface area (Å²) in [6.07, 6.45) is -3.60. The van der Waals surface area contributed by atoms with Gasteiger partial charge in [0.15, 0.2) is 0 Å². The highest BCUT2D eigenvalue weighted by Gasteiger charge is 2.33. The molecular formula is C10H11ClF3N. The molecule has 0 unspecified atom stereocenters. The minimum absolute atomic E-state index is 0.136. The lowest BCUT2D eigenvalue weighted by atomic mass is 10.0. The summed E-state index contributed by atoms with van der Waals surface area (Å²) >= 11 is 5.73. The maximum Gasteiger partial charge on any atom is 0.416 e. The number of alkyl halides is 3. The van der Waals surface area contributed by atoms with Crippen molar-refractivity contribution in [2.45, 2.75) is 19.0 Å². The first-order chi connectivity index (χ1) is 6.96. The van der Waals surface area contributed by atoms with E-state index in [1.807, 2.05) is 0 Å². The van der Waals surface area contributed by atoms with E-state index in [9.17, 15) is 13.2 Å². The molecule has 0 fully saturated rings. The van der Waals surface area contributed by atoms with Gasteiger partial charge in [-0.1, -0.05) is 17.7 Å². The van der Waals surface area contributed by atoms with E-state index >= 15 is 0 Å². The fourth-order valence-electron chi connectivity index (χ4n) is 1.36. The average Bonchev–Trinajstić information content (AvgIpc) is 2.14. The first-order valence-electron chi connectivity index (χ1n) is 4.51. The third-order valence-corrected chi connectivity index (χ3v) is 2.41. The number of hydrogen-bond acceptors (Lipinski definition) is 1. The summed E-state index contributed by atoms with van der Waals surface area (Å²) in [5.74, 6) is 0. The van der Waals surface area contributed by atoms with Crippen LogP contribution in [0, 0.1) is 0 Å². The zero-order valence-corrected chi connectivity index (χ0v) is 8.70. The maximum atomic E-state index is 12.6. The van der Waals surface area contributed by atoms with E-state index in [-0.39, 0.29) is 17.0 Å². The lowest BCUT2D eigenvalue weighted by molar-refractivity contribution is -0.138. The molecule has 0 bridgehead atoms. The van der Waals surface area contributed by atoms with E-state index in [2.05, 4.69) is 0 Å². The Labute approximate surface area is 91.0 Å². The molecule has 84 valence electrons. The summed E-state index contributed by atoms with van der Waals surface area (Å²) in [4.78, 5) is 0. The number of nitrogens with two attached hydrogens (primary N) is 1. The van der Waals surface area contributed by atoms with Gasteiger partial charge in [-0.05, 0) is 37.1 Å². The van der Waals surface area contributed by atoms with Crippen LogP contribution in [0.1, 0.15) is 17.5 Å². The van der Waals surface area contributed by atoms with Gasteiger partial charge in [0.1, 0.15) is 0 Å². The summed E-state index contributed by atoms with van der Waals surface area (Å²) in [5, 5.41) is 0.151. The van der Waals surface area contributed by atoms with Crippen molar-refractivity contribution in [3.8, 4) is 0 Å². The second-order valence-corrected chi connectivity index (χ2v) is 3.56. The number of halogens is 4. The molecule has 2 N–H and O–H groups in total. The van der Waals surface area contributed by atoms with E-state index in [1.54, 1.807) is 0 Å². The van der Waals surface area contributed by atoms with Gasteiger partial charge in [-0.3, -0.25) is 0 Å². The third kappa shape index (κ3) is 3.11. The monoisotopic (exact) mass is 237 g/mol. The van der Waals surface area contributed by atoms with Crippen molar-refractivity contribution in [2.75, 3.05) is 6.54 Å². The molecule has 0 amide bonds. The highest BCUT2D eigenvalue weighted by molar-refractivity contribution is 6.31. The normalized spacial score (nSPS) is 11.8. The molecule has 0 saturated heterocycles. The molecule has 0 spiro atoms. The molecule has 1 aromatic carbocycles. The van der Waals surface area contributed by atoms with Crippen LogP contribution in [0.5, 0.6) is 0 Å². The van der Waals surface area contributed by atoms with Crippen molar-refractivity contribution in [1.29, 1.82) is 0 Å². The van der Waals surface area contributed by atoms with Gasteiger partial charge in [-0.15, -0.1) is 0 Å². The van der Waals surface area contributed by atoms with Gasteiger partial charge in [0, 0.05) is 5.02 Å². The van der Waals surface area contributed by atoms with Crippen LogP contribution in [0.25, 0.3) is 0 Å². The second-order valence-electron chi connectivity index (χ2n) is 3.16. The highest BCUT2D eigenvalue weighted by Crippen LogP contribution is 2.35. The smallest absolute Gasteiger partial charge is 0.330 e. The van der Waals surface area contributed by atoms with Gasteiger partial charge in [0.05, 0.1) is 5.56 Å². The molecule has 0 heterocycles. The lowest BCUT2D eigenvalue weighted by Gasteiger charge is -2.13. The first-order valence-corrected chi connectivity index (χ1v) is 4.89. The van der Waals surface area contributed by atoms with Crippen LogP contribution < -0.4 is 5.73 Å². The van der Waals surface area contributed by atoms with Crippen LogP contribution in [0.15, 0.2) is 18.2 Å². The summed E-state index contributed by atoms with van der Waals surface area (Å²) in [6, 6.07) is 3.80. The van der Waals surface area contributed by atoms with Crippen molar-refractivity contribution in [3.05, 3.63) is 34.3 Å². The van der Waals surface area contributed by atoms with Gasteiger partial charge in [0.25, 0.3) is 0 Å². The van der Waals surface area contributed by atoms with Crippen molar-refractivity contribution >= 4 is 11.6 Å². The largest absolute Gasteiger partial charge is 0.416 e. The molecule has 1 nitrogen and oxygen atoms in total. The molecular weight excluding hydrogens is 227 g/mol. The molecule has 0 aromatic heterocycles. The first kappa shape index (κ1) is 12.3. The zero-order valence-electron chi connectivity index (χ0n) is 7.94. The molecule has 0 atom stereocenters. The number of benzene rings is 1. The minimum Gasteiger partial charge on any atom is -0.330 e. The van der Waals surface area contributed by atoms with Gasteiger partial charge in [-0.25, -0.2) is 0 Å². The Balaban J connectivity index is 3.09. The number of rotatable bonds is 3. The van der Waals surface area contributed by atoms with Crippen molar-refractivity contribution in [1.82, 2.24) is 0 Å². The topological polar surface area (TPSA) is 26.0 Å². The second kappa shape index (κ2) is 4.86. The Morgan fingerprint density at radius 2 is 1.93 bits per heavy atom. The molecule has 0 aliphatic carbocycles. The summed E-state index contributed by atoms with van der Waals surface area (Å²) in [5.41, 5.74) is 4.73. The quantitative estimate of drug-likeness (QED) is 0.858. The predicted octanol–water partition coefficient (Wildman–Crippen LogP) is 3.25.